The summed E-state index contributed by atoms with van der Waals surface area (Å²) >= 11 is 0. The topological polar surface area (TPSA) is 288 Å². The van der Waals surface area contributed by atoms with Gasteiger partial charge in [0, 0.05) is 38.1 Å². The number of hydrogen-bond donors (Lipinski definition) is 10. The van der Waals surface area contributed by atoms with Crippen molar-refractivity contribution in [3.05, 3.63) is 0 Å². The van der Waals surface area contributed by atoms with Gasteiger partial charge in [-0.15, -0.1) is 0 Å². The lowest BCUT2D eigenvalue weighted by molar-refractivity contribution is -0.317. The zero-order valence-corrected chi connectivity index (χ0v) is 25.8. The fourth-order valence-corrected chi connectivity index (χ4v) is 6.01. The molecule has 0 radical (unpaired) electrons. The molecule has 258 valence electrons. The second-order valence-electron chi connectivity index (χ2n) is 12.3. The second kappa shape index (κ2) is 17.2. The van der Waals surface area contributed by atoms with Crippen LogP contribution in [-0.4, -0.2) is 148 Å². The SMILES string of the molecule is CCCCCC(=O)N(CCCC)CC1OC(OC2C(N)CC(N)C(OC3OC(CN)C(O)C(O)C3N)C2O)C(O)C(N)C1O. The second-order valence-corrected chi connectivity index (χ2v) is 12.3. The van der Waals surface area contributed by atoms with E-state index in [4.69, 9.17) is 47.6 Å². The predicted molar refractivity (Wildman–Crippen MR) is 158 cm³/mol. The van der Waals surface area contributed by atoms with Crippen LogP contribution in [0, 0.1) is 0 Å². The molecule has 1 saturated carbocycles. The van der Waals surface area contributed by atoms with Gasteiger partial charge >= 0.3 is 0 Å². The van der Waals surface area contributed by atoms with Crippen molar-refractivity contribution >= 4 is 5.91 Å². The van der Waals surface area contributed by atoms with E-state index in [-0.39, 0.29) is 25.4 Å². The van der Waals surface area contributed by atoms with E-state index in [9.17, 15) is 30.3 Å². The highest BCUT2D eigenvalue weighted by molar-refractivity contribution is 5.76. The normalized spacial score (nSPS) is 43.1. The molecule has 15 N–H and O–H groups in total. The molecule has 3 rings (SSSR count). The van der Waals surface area contributed by atoms with Crippen molar-refractivity contribution in [1.82, 2.24) is 4.90 Å². The molecule has 16 nitrogen and oxygen atoms in total. The third-order valence-electron chi connectivity index (χ3n) is 8.91. The zero-order chi connectivity index (χ0) is 32.7. The van der Waals surface area contributed by atoms with Crippen LogP contribution in [-0.2, 0) is 23.7 Å². The molecular weight excluding hydrogens is 580 g/mol. The molecule has 15 unspecified atom stereocenters. The number of rotatable bonds is 14. The first-order valence-electron chi connectivity index (χ1n) is 15.9. The molecule has 1 amide bonds. The lowest BCUT2D eigenvalue weighted by Crippen LogP contribution is -2.69. The van der Waals surface area contributed by atoms with Gasteiger partial charge in [-0.2, -0.15) is 0 Å². The summed E-state index contributed by atoms with van der Waals surface area (Å²) in [5, 5.41) is 53.6. The van der Waals surface area contributed by atoms with Gasteiger partial charge in [-0.25, -0.2) is 0 Å². The minimum Gasteiger partial charge on any atom is -0.389 e. The van der Waals surface area contributed by atoms with Crippen molar-refractivity contribution in [3.8, 4) is 0 Å². The van der Waals surface area contributed by atoms with Crippen molar-refractivity contribution < 1.29 is 49.3 Å². The number of nitrogens with two attached hydrogens (primary N) is 5. The number of unbranched alkanes of at least 4 members (excludes halogenated alkanes) is 3. The molecule has 0 aromatic rings. The third kappa shape index (κ3) is 8.83. The van der Waals surface area contributed by atoms with Crippen LogP contribution < -0.4 is 28.7 Å². The first-order chi connectivity index (χ1) is 20.9. The summed E-state index contributed by atoms with van der Waals surface area (Å²) in [5.74, 6) is -0.0591. The Kier molecular flexibility index (Phi) is 14.6. The van der Waals surface area contributed by atoms with Gasteiger partial charge in [-0.1, -0.05) is 33.1 Å². The van der Waals surface area contributed by atoms with Gasteiger partial charge < -0.3 is 78.0 Å². The average molecular weight is 637 g/mol. The number of amides is 1. The molecule has 15 atom stereocenters. The van der Waals surface area contributed by atoms with E-state index in [2.05, 4.69) is 6.92 Å². The summed E-state index contributed by atoms with van der Waals surface area (Å²) in [7, 11) is 0. The smallest absolute Gasteiger partial charge is 0.222 e. The lowest BCUT2D eigenvalue weighted by Gasteiger charge is -2.48. The Labute approximate surface area is 259 Å². The van der Waals surface area contributed by atoms with Crippen LogP contribution in [0.5, 0.6) is 0 Å². The Hall–Kier alpha value is -1.09. The molecular formula is C28H56N6O10. The number of aliphatic hydroxyl groups is 5. The number of nitrogens with zero attached hydrogens (tertiary/aromatic N) is 1. The van der Waals surface area contributed by atoms with Crippen molar-refractivity contribution in [2.75, 3.05) is 19.6 Å². The molecule has 16 heteroatoms. The number of hydrogen-bond acceptors (Lipinski definition) is 15. The maximum atomic E-state index is 13.0. The predicted octanol–water partition coefficient (Wildman–Crippen LogP) is -4.11. The zero-order valence-electron chi connectivity index (χ0n) is 25.8. The number of carbonyl (C=O) groups excluding carboxylic acids is 1. The van der Waals surface area contributed by atoms with Crippen LogP contribution in [0.3, 0.4) is 0 Å². The van der Waals surface area contributed by atoms with Crippen LogP contribution in [0.1, 0.15) is 58.8 Å². The Morgan fingerprint density at radius 3 is 1.93 bits per heavy atom. The van der Waals surface area contributed by atoms with E-state index < -0.39 is 91.7 Å². The minimum absolute atomic E-state index is 0.0374. The molecule has 2 aliphatic heterocycles. The first-order valence-corrected chi connectivity index (χ1v) is 15.9. The van der Waals surface area contributed by atoms with Crippen LogP contribution in [0.4, 0.5) is 0 Å². The fraction of sp³-hybridized carbons (Fsp3) is 0.964. The Morgan fingerprint density at radius 1 is 0.750 bits per heavy atom. The summed E-state index contributed by atoms with van der Waals surface area (Å²) < 4.78 is 23.6. The molecule has 2 saturated heterocycles. The van der Waals surface area contributed by atoms with Gasteiger partial charge in [0.25, 0.3) is 0 Å². The van der Waals surface area contributed by atoms with Gasteiger partial charge in [0.15, 0.2) is 12.6 Å². The van der Waals surface area contributed by atoms with Gasteiger partial charge in [0.05, 0.1) is 18.2 Å². The van der Waals surface area contributed by atoms with Crippen molar-refractivity contribution in [3.63, 3.8) is 0 Å². The van der Waals surface area contributed by atoms with Gasteiger partial charge in [-0.3, -0.25) is 4.79 Å². The quantitative estimate of drug-likeness (QED) is 0.0811. The number of ether oxygens (including phenoxy) is 4. The van der Waals surface area contributed by atoms with Gasteiger partial charge in [0.2, 0.25) is 5.91 Å². The fourth-order valence-electron chi connectivity index (χ4n) is 6.01. The summed E-state index contributed by atoms with van der Waals surface area (Å²) in [4.78, 5) is 14.7. The van der Waals surface area contributed by atoms with Crippen LogP contribution >= 0.6 is 0 Å². The van der Waals surface area contributed by atoms with Gasteiger partial charge in [0.1, 0.15) is 48.8 Å². The lowest BCUT2D eigenvalue weighted by atomic mass is 9.84. The molecule has 0 aromatic carbocycles. The monoisotopic (exact) mass is 636 g/mol. The highest BCUT2D eigenvalue weighted by Crippen LogP contribution is 2.31. The molecule has 44 heavy (non-hydrogen) atoms. The molecule has 1 aliphatic carbocycles. The summed E-state index contributed by atoms with van der Waals surface area (Å²) in [6.07, 6.45) is -9.14. The number of carbonyl (C=O) groups is 1. The maximum Gasteiger partial charge on any atom is 0.222 e. The van der Waals surface area contributed by atoms with E-state index in [1.165, 1.54) is 0 Å². The largest absolute Gasteiger partial charge is 0.389 e. The summed E-state index contributed by atoms with van der Waals surface area (Å²) in [5.41, 5.74) is 30.5. The first kappa shape index (κ1) is 37.4. The Balaban J connectivity index is 1.73. The molecule has 0 bridgehead atoms. The van der Waals surface area contributed by atoms with E-state index >= 15 is 0 Å². The Bertz CT molecular complexity index is 879. The summed E-state index contributed by atoms with van der Waals surface area (Å²) in [6, 6.07) is -3.96. The highest BCUT2D eigenvalue weighted by atomic mass is 16.7. The van der Waals surface area contributed by atoms with E-state index in [1.54, 1.807) is 4.90 Å². The van der Waals surface area contributed by atoms with E-state index in [1.807, 2.05) is 6.92 Å². The van der Waals surface area contributed by atoms with Crippen molar-refractivity contribution in [2.24, 2.45) is 28.7 Å². The summed E-state index contributed by atoms with van der Waals surface area (Å²) in [6.45, 7) is 4.46. The molecule has 3 fully saturated rings. The minimum atomic E-state index is -1.49. The highest BCUT2D eigenvalue weighted by Gasteiger charge is 2.51. The molecule has 0 spiro atoms. The average Bonchev–Trinajstić information content (AvgIpc) is 2.99. The van der Waals surface area contributed by atoms with E-state index in [0.29, 0.717) is 13.0 Å². The molecule has 2 heterocycles. The van der Waals surface area contributed by atoms with Crippen LogP contribution in [0.15, 0.2) is 0 Å². The van der Waals surface area contributed by atoms with Crippen molar-refractivity contribution in [1.29, 1.82) is 0 Å². The third-order valence-corrected chi connectivity index (χ3v) is 8.91. The standard InChI is InChI=1S/C28H56N6O10/c1-3-5-7-8-17(35)34(9-6-4-2)12-16-20(36)18(32)23(39)28(42-16)44-26-14(31)10-13(30)25(24(26)40)43-27-19(33)22(38)21(37)15(11-29)41-27/h13-16,18-28,36-40H,3-12,29-33H2,1-2H3. The maximum absolute atomic E-state index is 13.0. The number of aliphatic hydroxyl groups excluding tert-OH is 5. The molecule has 0 aromatic heterocycles. The van der Waals surface area contributed by atoms with E-state index in [0.717, 1.165) is 32.1 Å². The van der Waals surface area contributed by atoms with Crippen molar-refractivity contribution in [2.45, 2.75) is 150 Å². The van der Waals surface area contributed by atoms with Gasteiger partial charge in [-0.05, 0) is 19.3 Å². The van der Waals surface area contributed by atoms with Crippen LogP contribution in [0.25, 0.3) is 0 Å². The van der Waals surface area contributed by atoms with Crippen LogP contribution in [0.2, 0.25) is 0 Å². The Morgan fingerprint density at radius 2 is 1.34 bits per heavy atom. The molecule has 3 aliphatic rings.